The van der Waals surface area contributed by atoms with Gasteiger partial charge in [-0.25, -0.2) is 8.78 Å². The number of halogens is 3. The number of benzene rings is 1. The molecular weight excluding hydrogens is 292 g/mol. The number of ether oxygens (including phenoxy) is 1. The summed E-state index contributed by atoms with van der Waals surface area (Å²) in [6.07, 6.45) is 1.70. The second-order valence-corrected chi connectivity index (χ2v) is 5.37. The van der Waals surface area contributed by atoms with Crippen molar-refractivity contribution in [3.8, 4) is 0 Å². The Bertz CT molecular complexity index is 419. The Kier molecular flexibility index (Phi) is 3.80. The smallest absolute Gasteiger partial charge is 0.143 e. The molecule has 1 heterocycles. The molecule has 0 radical (unpaired) electrons. The average Bonchev–Trinajstić information content (AvgIpc) is 2.31. The summed E-state index contributed by atoms with van der Waals surface area (Å²) in [7, 11) is 0. The van der Waals surface area contributed by atoms with Gasteiger partial charge in [0, 0.05) is 17.7 Å². The number of nitrogens with two attached hydrogens (primary N) is 1. The molecule has 1 saturated heterocycles. The summed E-state index contributed by atoms with van der Waals surface area (Å²) in [6, 6.07) is 2.60. The van der Waals surface area contributed by atoms with Gasteiger partial charge < -0.3 is 10.5 Å². The van der Waals surface area contributed by atoms with E-state index < -0.39 is 17.2 Å². The second kappa shape index (κ2) is 5.00. The third kappa shape index (κ3) is 2.84. The van der Waals surface area contributed by atoms with Crippen molar-refractivity contribution >= 4 is 15.9 Å². The Morgan fingerprint density at radius 2 is 2.18 bits per heavy atom. The lowest BCUT2D eigenvalue weighted by molar-refractivity contribution is 0.0375. The van der Waals surface area contributed by atoms with Crippen LogP contribution in [0.2, 0.25) is 0 Å². The first-order valence-electron chi connectivity index (χ1n) is 5.51. The van der Waals surface area contributed by atoms with E-state index >= 15 is 0 Å². The Hall–Kier alpha value is -0.520. The molecule has 2 nitrogen and oxygen atoms in total. The number of rotatable bonds is 2. The van der Waals surface area contributed by atoms with E-state index in [-0.39, 0.29) is 16.5 Å². The first-order valence-corrected chi connectivity index (χ1v) is 6.30. The maximum atomic E-state index is 13.8. The summed E-state index contributed by atoms with van der Waals surface area (Å²) in [5.41, 5.74) is 5.47. The maximum Gasteiger partial charge on any atom is 0.143 e. The van der Waals surface area contributed by atoms with Gasteiger partial charge in [-0.1, -0.05) is 0 Å². The van der Waals surface area contributed by atoms with Crippen molar-refractivity contribution in [2.24, 2.45) is 5.73 Å². The van der Waals surface area contributed by atoms with E-state index in [1.165, 1.54) is 12.1 Å². The minimum absolute atomic E-state index is 0.0346. The highest BCUT2D eigenvalue weighted by Gasteiger charge is 2.31. The van der Waals surface area contributed by atoms with E-state index in [0.29, 0.717) is 13.2 Å². The lowest BCUT2D eigenvalue weighted by Gasteiger charge is -2.33. The molecule has 0 aromatic heterocycles. The molecule has 0 spiro atoms. The molecule has 1 aromatic rings. The molecule has 17 heavy (non-hydrogen) atoms. The molecule has 2 N–H and O–H groups in total. The van der Waals surface area contributed by atoms with Crippen molar-refractivity contribution in [1.82, 2.24) is 0 Å². The fourth-order valence-electron chi connectivity index (χ4n) is 2.10. The summed E-state index contributed by atoms with van der Waals surface area (Å²) in [5.74, 6) is -1.12. The molecule has 1 aromatic carbocycles. The molecule has 94 valence electrons. The Balaban J connectivity index is 2.26. The van der Waals surface area contributed by atoms with Gasteiger partial charge in [0.1, 0.15) is 11.6 Å². The van der Waals surface area contributed by atoms with Gasteiger partial charge in [-0.3, -0.25) is 0 Å². The minimum atomic E-state index is -0.666. The number of hydrogen-bond acceptors (Lipinski definition) is 2. The Labute approximate surface area is 107 Å². The van der Waals surface area contributed by atoms with Gasteiger partial charge in [-0.15, -0.1) is 0 Å². The van der Waals surface area contributed by atoms with Gasteiger partial charge in [0.2, 0.25) is 0 Å². The van der Waals surface area contributed by atoms with Crippen molar-refractivity contribution < 1.29 is 13.5 Å². The predicted octanol–water partition coefficient (Wildman–Crippen LogP) is 2.78. The minimum Gasteiger partial charge on any atom is -0.380 e. The van der Waals surface area contributed by atoms with Gasteiger partial charge in [-0.05, 0) is 47.3 Å². The van der Waals surface area contributed by atoms with Crippen molar-refractivity contribution in [2.75, 3.05) is 13.2 Å². The lowest BCUT2D eigenvalue weighted by Crippen LogP contribution is -2.49. The number of hydrogen-bond donors (Lipinski definition) is 1. The SMILES string of the molecule is NC1(Cc2c(F)ccc(Br)c2F)CCCOC1. The van der Waals surface area contributed by atoms with Crippen LogP contribution >= 0.6 is 15.9 Å². The van der Waals surface area contributed by atoms with Gasteiger partial charge in [0.25, 0.3) is 0 Å². The topological polar surface area (TPSA) is 35.2 Å². The Morgan fingerprint density at radius 3 is 2.82 bits per heavy atom. The first kappa shape index (κ1) is 12.9. The average molecular weight is 306 g/mol. The molecule has 1 aliphatic rings. The van der Waals surface area contributed by atoms with E-state index in [9.17, 15) is 8.78 Å². The molecule has 0 bridgehead atoms. The summed E-state index contributed by atoms with van der Waals surface area (Å²) < 4.78 is 32.9. The molecule has 1 unspecified atom stereocenters. The normalized spacial score (nSPS) is 24.9. The third-order valence-electron chi connectivity index (χ3n) is 3.02. The highest BCUT2D eigenvalue weighted by molar-refractivity contribution is 9.10. The molecule has 1 atom stereocenters. The molecule has 2 rings (SSSR count). The van der Waals surface area contributed by atoms with E-state index in [2.05, 4.69) is 15.9 Å². The fourth-order valence-corrected chi connectivity index (χ4v) is 2.47. The highest BCUT2D eigenvalue weighted by Crippen LogP contribution is 2.27. The van der Waals surface area contributed by atoms with Crippen LogP contribution in [0.3, 0.4) is 0 Å². The molecule has 1 aliphatic heterocycles. The van der Waals surface area contributed by atoms with Crippen LogP contribution < -0.4 is 5.73 Å². The summed E-state index contributed by atoms with van der Waals surface area (Å²) in [4.78, 5) is 0. The summed E-state index contributed by atoms with van der Waals surface area (Å²) >= 11 is 3.05. The molecule has 0 saturated carbocycles. The van der Waals surface area contributed by atoms with Gasteiger partial charge >= 0.3 is 0 Å². The first-order chi connectivity index (χ1) is 8.02. The fraction of sp³-hybridized carbons (Fsp3) is 0.500. The largest absolute Gasteiger partial charge is 0.380 e. The van der Waals surface area contributed by atoms with Crippen LogP contribution in [0, 0.1) is 11.6 Å². The van der Waals surface area contributed by atoms with Gasteiger partial charge in [0.05, 0.1) is 11.1 Å². The van der Waals surface area contributed by atoms with Crippen molar-refractivity contribution in [2.45, 2.75) is 24.8 Å². The van der Waals surface area contributed by atoms with Crippen molar-refractivity contribution in [3.63, 3.8) is 0 Å². The van der Waals surface area contributed by atoms with Crippen molar-refractivity contribution in [3.05, 3.63) is 33.8 Å². The summed E-state index contributed by atoms with van der Waals surface area (Å²) in [5, 5.41) is 0. The second-order valence-electron chi connectivity index (χ2n) is 4.52. The van der Waals surface area contributed by atoms with Crippen LogP contribution in [-0.4, -0.2) is 18.8 Å². The van der Waals surface area contributed by atoms with Crippen molar-refractivity contribution in [1.29, 1.82) is 0 Å². The zero-order chi connectivity index (χ0) is 12.5. The molecule has 0 amide bonds. The van der Waals surface area contributed by atoms with Crippen LogP contribution in [0.4, 0.5) is 8.78 Å². The van der Waals surface area contributed by atoms with Crippen LogP contribution in [-0.2, 0) is 11.2 Å². The van der Waals surface area contributed by atoms with E-state index in [0.717, 1.165) is 12.8 Å². The quantitative estimate of drug-likeness (QED) is 0.853. The molecular formula is C12H14BrF2NO. The monoisotopic (exact) mass is 305 g/mol. The highest BCUT2D eigenvalue weighted by atomic mass is 79.9. The standard InChI is InChI=1S/C12H14BrF2NO/c13-9-2-3-10(14)8(11(9)15)6-12(16)4-1-5-17-7-12/h2-3H,1,4-7,16H2. The van der Waals surface area contributed by atoms with Crippen LogP contribution in [0.25, 0.3) is 0 Å². The molecule has 5 heteroatoms. The summed E-state index contributed by atoms with van der Waals surface area (Å²) in [6.45, 7) is 1.01. The van der Waals surface area contributed by atoms with Crippen LogP contribution in [0.5, 0.6) is 0 Å². The molecule has 0 aliphatic carbocycles. The third-order valence-corrected chi connectivity index (χ3v) is 3.63. The van der Waals surface area contributed by atoms with Crippen LogP contribution in [0.1, 0.15) is 18.4 Å². The van der Waals surface area contributed by atoms with E-state index in [1.807, 2.05) is 0 Å². The predicted molar refractivity (Wildman–Crippen MR) is 64.7 cm³/mol. The van der Waals surface area contributed by atoms with E-state index in [1.54, 1.807) is 0 Å². The molecule has 1 fully saturated rings. The lowest BCUT2D eigenvalue weighted by atomic mass is 9.86. The zero-order valence-corrected chi connectivity index (χ0v) is 10.9. The van der Waals surface area contributed by atoms with Crippen LogP contribution in [0.15, 0.2) is 16.6 Å². The Morgan fingerprint density at radius 1 is 1.41 bits per heavy atom. The zero-order valence-electron chi connectivity index (χ0n) is 9.31. The van der Waals surface area contributed by atoms with E-state index in [4.69, 9.17) is 10.5 Å². The van der Waals surface area contributed by atoms with Gasteiger partial charge in [-0.2, -0.15) is 0 Å². The maximum absolute atomic E-state index is 13.8. The van der Waals surface area contributed by atoms with Gasteiger partial charge in [0.15, 0.2) is 0 Å².